The average Bonchev–Trinajstić information content (AvgIpc) is 2.49. The summed E-state index contributed by atoms with van der Waals surface area (Å²) in [4.78, 5) is 2.57. The Bertz CT molecular complexity index is 378. The van der Waals surface area contributed by atoms with E-state index in [4.69, 9.17) is 16.3 Å². The summed E-state index contributed by atoms with van der Waals surface area (Å²) in [5.41, 5.74) is 1.34. The van der Waals surface area contributed by atoms with Crippen LogP contribution in [0.25, 0.3) is 0 Å². The monoisotopic (exact) mass is 421 g/mol. The van der Waals surface area contributed by atoms with Crippen molar-refractivity contribution in [2.75, 3.05) is 32.8 Å². The van der Waals surface area contributed by atoms with Crippen LogP contribution >= 0.6 is 24.0 Å². The summed E-state index contributed by atoms with van der Waals surface area (Å²) in [5, 5.41) is 0.808. The maximum atomic E-state index is 5.87. The van der Waals surface area contributed by atoms with Gasteiger partial charge in [0.1, 0.15) is 0 Å². The summed E-state index contributed by atoms with van der Waals surface area (Å²) in [6, 6.07) is 8.10. The van der Waals surface area contributed by atoms with E-state index in [9.17, 15) is 0 Å². The third kappa shape index (κ3) is 15.7. The van der Waals surface area contributed by atoms with Crippen LogP contribution in [-0.2, 0) is 11.2 Å². The van der Waals surface area contributed by atoms with Crippen molar-refractivity contribution in [1.29, 1.82) is 0 Å². The van der Waals surface area contributed by atoms with Crippen molar-refractivity contribution in [2.45, 2.75) is 38.5 Å². The molecule has 0 aromatic heterocycles. The lowest BCUT2D eigenvalue weighted by atomic mass is 10.1. The lowest BCUT2D eigenvalue weighted by Gasteiger charge is -2.26. The Kier molecular flexibility index (Phi) is 31.6. The van der Waals surface area contributed by atoms with Crippen LogP contribution in [0.5, 0.6) is 0 Å². The lowest BCUT2D eigenvalue weighted by Crippen LogP contribution is -2.31. The van der Waals surface area contributed by atoms with Crippen LogP contribution in [0.4, 0.5) is 0 Å². The molecule has 9 heteroatoms. The van der Waals surface area contributed by atoms with Gasteiger partial charge in [0.2, 0.25) is 0 Å². The van der Waals surface area contributed by atoms with E-state index in [2.05, 4.69) is 17.0 Å². The maximum absolute atomic E-state index is 5.87. The number of ether oxygens (including phenoxy) is 1. The maximum Gasteiger partial charge on any atom is 0.0478 e. The molecule has 7 nitrogen and oxygen atoms in total. The predicted octanol–water partition coefficient (Wildman–Crippen LogP) is 0.464. The largest absolute Gasteiger partial charge is 0.412 e. The summed E-state index contributed by atoms with van der Waals surface area (Å²) in [6.45, 7) is 5.55. The van der Waals surface area contributed by atoms with Crippen molar-refractivity contribution in [2.24, 2.45) is 0 Å². The lowest BCUT2D eigenvalue weighted by molar-refractivity contribution is 0.115. The Balaban J connectivity index is -0.000000245. The highest BCUT2D eigenvalue weighted by Crippen LogP contribution is 2.11. The smallest absolute Gasteiger partial charge is 0.0478 e. The fourth-order valence-corrected chi connectivity index (χ4v) is 2.83. The van der Waals surface area contributed by atoms with Crippen molar-refractivity contribution in [1.82, 2.24) is 4.90 Å². The van der Waals surface area contributed by atoms with Crippen LogP contribution in [0, 0.1) is 0 Å². The Hall–Kier alpha value is -0.480. The highest BCUT2D eigenvalue weighted by Gasteiger charge is 2.08. The molecule has 10 N–H and O–H groups in total. The number of aryl methyl sites for hydroxylation is 1. The molecule has 0 unspecified atom stereocenters. The number of hydrogen-bond donors (Lipinski definition) is 0. The quantitative estimate of drug-likeness (QED) is 0.555. The van der Waals surface area contributed by atoms with Gasteiger partial charge in [-0.3, -0.25) is 0 Å². The van der Waals surface area contributed by atoms with Gasteiger partial charge in [0, 0.05) is 24.8 Å². The molecule has 1 heterocycles. The molecule has 1 fully saturated rings. The van der Waals surface area contributed by atoms with E-state index >= 15 is 0 Å². The molecule has 0 bridgehead atoms. The van der Waals surface area contributed by atoms with Gasteiger partial charge in [0.05, 0.1) is 0 Å². The minimum atomic E-state index is 0. The van der Waals surface area contributed by atoms with Crippen molar-refractivity contribution >= 4 is 24.0 Å². The van der Waals surface area contributed by atoms with Gasteiger partial charge in [-0.05, 0) is 62.9 Å². The van der Waals surface area contributed by atoms with E-state index in [0.717, 1.165) is 31.1 Å². The molecule has 0 aliphatic carbocycles. The number of benzene rings is 1. The van der Waals surface area contributed by atoms with Gasteiger partial charge in [-0.1, -0.05) is 30.2 Å². The molecule has 0 atom stereocenters. The normalized spacial score (nSPS) is 12.7. The van der Waals surface area contributed by atoms with Gasteiger partial charge in [-0.2, -0.15) is 0 Å². The summed E-state index contributed by atoms with van der Waals surface area (Å²) < 4.78 is 5.72. The van der Waals surface area contributed by atoms with Crippen LogP contribution in [0.15, 0.2) is 24.3 Å². The third-order valence-electron chi connectivity index (χ3n) is 3.88. The van der Waals surface area contributed by atoms with Gasteiger partial charge >= 0.3 is 0 Å². The number of nitrogens with zero attached hydrogens (tertiary/aromatic N) is 1. The Labute approximate surface area is 167 Å². The van der Waals surface area contributed by atoms with Crippen molar-refractivity contribution < 1.29 is 32.1 Å². The summed E-state index contributed by atoms with van der Waals surface area (Å²) in [7, 11) is 0. The average molecular weight is 422 g/mol. The van der Waals surface area contributed by atoms with Gasteiger partial charge in [0.15, 0.2) is 0 Å². The van der Waals surface area contributed by atoms with Crippen molar-refractivity contribution in [3.05, 3.63) is 34.9 Å². The van der Waals surface area contributed by atoms with E-state index < -0.39 is 0 Å². The SMILES string of the molecule is Cl.Clc1ccc(CCCOCCCN2CCCCC2)cc1.O.O.O.O.O. The second kappa shape index (κ2) is 22.6. The number of hydrogen-bond acceptors (Lipinski definition) is 2. The van der Waals surface area contributed by atoms with E-state index in [1.807, 2.05) is 12.1 Å². The van der Waals surface area contributed by atoms with Crippen molar-refractivity contribution in [3.8, 4) is 0 Å². The highest BCUT2D eigenvalue weighted by molar-refractivity contribution is 6.30. The molecule has 26 heavy (non-hydrogen) atoms. The molecular formula is C17H37Cl2NO6. The van der Waals surface area contributed by atoms with Gasteiger partial charge in [0.25, 0.3) is 0 Å². The van der Waals surface area contributed by atoms with Gasteiger partial charge < -0.3 is 37.0 Å². The molecule has 1 aromatic carbocycles. The molecule has 0 amide bonds. The topological polar surface area (TPSA) is 170 Å². The Morgan fingerprint density at radius 3 is 1.92 bits per heavy atom. The van der Waals surface area contributed by atoms with Crippen molar-refractivity contribution in [3.63, 3.8) is 0 Å². The molecule has 0 spiro atoms. The minimum absolute atomic E-state index is 0. The Morgan fingerprint density at radius 1 is 0.808 bits per heavy atom. The minimum Gasteiger partial charge on any atom is -0.412 e. The zero-order valence-electron chi connectivity index (χ0n) is 15.2. The van der Waals surface area contributed by atoms with Gasteiger partial charge in [-0.25, -0.2) is 0 Å². The molecule has 0 radical (unpaired) electrons. The first kappa shape index (κ1) is 36.4. The number of rotatable bonds is 8. The van der Waals surface area contributed by atoms with E-state index in [1.165, 1.54) is 50.9 Å². The Morgan fingerprint density at radius 2 is 1.35 bits per heavy atom. The zero-order chi connectivity index (χ0) is 14.0. The number of halogens is 2. The molecule has 2 rings (SSSR count). The zero-order valence-corrected chi connectivity index (χ0v) is 16.8. The summed E-state index contributed by atoms with van der Waals surface area (Å²) in [5.74, 6) is 0. The van der Waals surface area contributed by atoms with Gasteiger partial charge in [-0.15, -0.1) is 12.4 Å². The first-order valence-corrected chi connectivity index (χ1v) is 8.27. The number of piperidine rings is 1. The third-order valence-corrected chi connectivity index (χ3v) is 4.13. The molecule has 1 aromatic rings. The van der Waals surface area contributed by atoms with E-state index in [1.54, 1.807) is 0 Å². The van der Waals surface area contributed by atoms with Crippen LogP contribution in [0.2, 0.25) is 5.02 Å². The van der Waals surface area contributed by atoms with E-state index in [0.29, 0.717) is 0 Å². The number of likely N-dealkylation sites (tertiary alicyclic amines) is 1. The summed E-state index contributed by atoms with van der Waals surface area (Å²) >= 11 is 5.87. The molecular weight excluding hydrogens is 385 g/mol. The van der Waals surface area contributed by atoms with Crippen LogP contribution < -0.4 is 0 Å². The fraction of sp³-hybridized carbons (Fsp3) is 0.647. The fourth-order valence-electron chi connectivity index (χ4n) is 2.70. The second-order valence-corrected chi connectivity index (χ2v) is 6.03. The molecule has 160 valence electrons. The first-order valence-electron chi connectivity index (χ1n) is 7.89. The highest BCUT2D eigenvalue weighted by atomic mass is 35.5. The second-order valence-electron chi connectivity index (χ2n) is 5.60. The molecule has 1 aliphatic heterocycles. The van der Waals surface area contributed by atoms with E-state index in [-0.39, 0.29) is 39.8 Å². The van der Waals surface area contributed by atoms with Crippen LogP contribution in [-0.4, -0.2) is 65.1 Å². The predicted molar refractivity (Wildman–Crippen MR) is 111 cm³/mol. The molecule has 0 saturated carbocycles. The molecule has 1 saturated heterocycles. The standard InChI is InChI=1S/C17H26ClNO.ClH.5H2O/c18-17-9-7-16(8-10-17)6-4-14-20-15-5-13-19-11-2-1-3-12-19;;;;;;/h7-10H,1-6,11-15H2;1H;5*1H2. The first-order chi connectivity index (χ1) is 9.84. The van der Waals surface area contributed by atoms with Crippen LogP contribution in [0.1, 0.15) is 37.7 Å². The summed E-state index contributed by atoms with van der Waals surface area (Å²) in [6.07, 6.45) is 7.50. The van der Waals surface area contributed by atoms with Crippen LogP contribution in [0.3, 0.4) is 0 Å². The molecule has 1 aliphatic rings.